The van der Waals surface area contributed by atoms with E-state index in [1.165, 1.54) is 11.1 Å². The van der Waals surface area contributed by atoms with Gasteiger partial charge in [0.1, 0.15) is 5.75 Å². The molecule has 0 spiro atoms. The second kappa shape index (κ2) is 6.46. The van der Waals surface area contributed by atoms with Gasteiger partial charge in [0.25, 0.3) is 0 Å². The van der Waals surface area contributed by atoms with Gasteiger partial charge in [-0.3, -0.25) is 0 Å². The molecule has 2 aromatic carbocycles. The molecule has 0 bridgehead atoms. The van der Waals surface area contributed by atoms with Crippen LogP contribution in [0.5, 0.6) is 5.75 Å². The maximum atomic E-state index is 6.41. The highest BCUT2D eigenvalue weighted by Crippen LogP contribution is 2.28. The van der Waals surface area contributed by atoms with Gasteiger partial charge >= 0.3 is 0 Å². The van der Waals surface area contributed by atoms with Gasteiger partial charge in [0.2, 0.25) is 0 Å². The molecule has 1 nitrogen and oxygen atoms in total. The topological polar surface area (TPSA) is 9.23 Å². The highest BCUT2D eigenvalue weighted by molar-refractivity contribution is 6.20. The van der Waals surface area contributed by atoms with E-state index in [0.29, 0.717) is 0 Å². The van der Waals surface area contributed by atoms with E-state index in [0.717, 1.165) is 18.6 Å². The molecule has 0 fully saturated rings. The summed E-state index contributed by atoms with van der Waals surface area (Å²) >= 11 is 6.41. The average molecular weight is 261 g/mol. The molecule has 2 heteroatoms. The van der Waals surface area contributed by atoms with Gasteiger partial charge in [0.15, 0.2) is 0 Å². The third-order valence-corrected chi connectivity index (χ3v) is 3.49. The normalized spacial score (nSPS) is 12.1. The van der Waals surface area contributed by atoms with Gasteiger partial charge in [-0.25, -0.2) is 0 Å². The van der Waals surface area contributed by atoms with Crippen LogP contribution in [0, 0.1) is 0 Å². The molecule has 1 unspecified atom stereocenters. The van der Waals surface area contributed by atoms with Gasteiger partial charge in [-0.15, -0.1) is 11.6 Å². The zero-order valence-electron chi connectivity index (χ0n) is 10.5. The van der Waals surface area contributed by atoms with Crippen molar-refractivity contribution < 1.29 is 4.74 Å². The van der Waals surface area contributed by atoms with E-state index < -0.39 is 0 Å². The zero-order valence-corrected chi connectivity index (χ0v) is 11.2. The van der Waals surface area contributed by atoms with Crippen LogP contribution in [0.3, 0.4) is 0 Å². The number of methoxy groups -OCH3 is 1. The summed E-state index contributed by atoms with van der Waals surface area (Å²) in [7, 11) is 1.70. The number of ether oxygens (including phenoxy) is 1. The lowest BCUT2D eigenvalue weighted by atomic mass is 10.0. The van der Waals surface area contributed by atoms with E-state index >= 15 is 0 Å². The van der Waals surface area contributed by atoms with Gasteiger partial charge in [-0.05, 0) is 30.0 Å². The smallest absolute Gasteiger partial charge is 0.122 e. The Kier molecular flexibility index (Phi) is 4.66. The maximum absolute atomic E-state index is 6.41. The number of benzene rings is 2. The Morgan fingerprint density at radius 2 is 1.67 bits per heavy atom. The van der Waals surface area contributed by atoms with Crippen molar-refractivity contribution in [3.63, 3.8) is 0 Å². The van der Waals surface area contributed by atoms with Crippen LogP contribution in [-0.4, -0.2) is 7.11 Å². The fourth-order valence-electron chi connectivity index (χ4n) is 2.02. The van der Waals surface area contributed by atoms with Gasteiger partial charge in [-0.1, -0.05) is 48.5 Å². The van der Waals surface area contributed by atoms with Crippen LogP contribution in [0.1, 0.15) is 22.9 Å². The van der Waals surface area contributed by atoms with Crippen molar-refractivity contribution >= 4 is 11.6 Å². The van der Waals surface area contributed by atoms with Crippen molar-refractivity contribution in [3.8, 4) is 5.75 Å². The Bertz CT molecular complexity index is 481. The molecular weight excluding hydrogens is 244 g/mol. The monoisotopic (exact) mass is 260 g/mol. The van der Waals surface area contributed by atoms with Crippen LogP contribution in [-0.2, 0) is 6.42 Å². The van der Waals surface area contributed by atoms with E-state index in [4.69, 9.17) is 16.3 Å². The van der Waals surface area contributed by atoms with E-state index in [-0.39, 0.29) is 5.38 Å². The van der Waals surface area contributed by atoms with E-state index in [2.05, 4.69) is 18.2 Å². The molecular formula is C16H17ClO. The fraction of sp³-hybridized carbons (Fsp3) is 0.250. The SMILES string of the molecule is COc1ccccc1CCC(Cl)c1ccccc1. The molecule has 0 heterocycles. The van der Waals surface area contributed by atoms with Crippen molar-refractivity contribution in [1.29, 1.82) is 0 Å². The minimum atomic E-state index is 0.0520. The number of aryl methyl sites for hydroxylation is 1. The Labute approximate surface area is 113 Å². The van der Waals surface area contributed by atoms with Crippen LogP contribution >= 0.6 is 11.6 Å². The second-order valence-corrected chi connectivity index (χ2v) is 4.76. The number of rotatable bonds is 5. The van der Waals surface area contributed by atoms with Gasteiger partial charge in [0.05, 0.1) is 12.5 Å². The highest BCUT2D eigenvalue weighted by atomic mass is 35.5. The summed E-state index contributed by atoms with van der Waals surface area (Å²) in [4.78, 5) is 0. The summed E-state index contributed by atoms with van der Waals surface area (Å²) in [6, 6.07) is 18.3. The fourth-order valence-corrected chi connectivity index (χ4v) is 2.27. The third-order valence-electron chi connectivity index (χ3n) is 3.02. The third kappa shape index (κ3) is 3.27. The molecule has 0 saturated heterocycles. The number of para-hydroxylation sites is 1. The first-order valence-corrected chi connectivity index (χ1v) is 6.56. The standard InChI is InChI=1S/C16H17ClO/c1-18-16-10-6-5-9-14(16)11-12-15(17)13-7-3-2-4-8-13/h2-10,15H,11-12H2,1H3. The largest absolute Gasteiger partial charge is 0.496 e. The summed E-state index contributed by atoms with van der Waals surface area (Å²) in [6.07, 6.45) is 1.83. The zero-order chi connectivity index (χ0) is 12.8. The van der Waals surface area contributed by atoms with Crippen LogP contribution in [0.25, 0.3) is 0 Å². The molecule has 0 radical (unpaired) electrons. The van der Waals surface area contributed by atoms with E-state index in [1.54, 1.807) is 7.11 Å². The van der Waals surface area contributed by atoms with E-state index in [1.807, 2.05) is 36.4 Å². The lowest BCUT2D eigenvalue weighted by molar-refractivity contribution is 0.409. The molecule has 0 aliphatic carbocycles. The Morgan fingerprint density at radius 3 is 2.39 bits per heavy atom. The minimum Gasteiger partial charge on any atom is -0.496 e. The summed E-state index contributed by atoms with van der Waals surface area (Å²) in [5.74, 6) is 0.939. The predicted octanol–water partition coefficient (Wildman–Crippen LogP) is 4.61. The highest BCUT2D eigenvalue weighted by Gasteiger charge is 2.09. The molecule has 0 aliphatic heterocycles. The summed E-state index contributed by atoms with van der Waals surface area (Å²) in [5, 5.41) is 0.0520. The van der Waals surface area contributed by atoms with Gasteiger partial charge < -0.3 is 4.74 Å². The quantitative estimate of drug-likeness (QED) is 0.714. The first-order chi connectivity index (χ1) is 8.81. The Hall–Kier alpha value is -1.47. The molecule has 0 aliphatic rings. The Balaban J connectivity index is 1.99. The molecule has 0 N–H and O–H groups in total. The van der Waals surface area contributed by atoms with Crippen LogP contribution in [0.15, 0.2) is 54.6 Å². The van der Waals surface area contributed by atoms with Crippen LogP contribution in [0.2, 0.25) is 0 Å². The van der Waals surface area contributed by atoms with Crippen molar-refractivity contribution in [2.24, 2.45) is 0 Å². The number of hydrogen-bond donors (Lipinski definition) is 0. The van der Waals surface area contributed by atoms with Crippen LogP contribution in [0.4, 0.5) is 0 Å². The average Bonchev–Trinajstić information content (AvgIpc) is 2.46. The van der Waals surface area contributed by atoms with Crippen molar-refractivity contribution in [2.75, 3.05) is 7.11 Å². The molecule has 1 atom stereocenters. The lowest BCUT2D eigenvalue weighted by Gasteiger charge is -2.11. The predicted molar refractivity (Wildman–Crippen MR) is 76.4 cm³/mol. The van der Waals surface area contributed by atoms with Crippen molar-refractivity contribution in [3.05, 3.63) is 65.7 Å². The van der Waals surface area contributed by atoms with Crippen molar-refractivity contribution in [1.82, 2.24) is 0 Å². The van der Waals surface area contributed by atoms with Crippen LogP contribution < -0.4 is 4.74 Å². The minimum absolute atomic E-state index is 0.0520. The molecule has 0 saturated carbocycles. The van der Waals surface area contributed by atoms with Gasteiger partial charge in [0, 0.05) is 0 Å². The lowest BCUT2D eigenvalue weighted by Crippen LogP contribution is -1.96. The number of halogens is 1. The maximum Gasteiger partial charge on any atom is 0.122 e. The molecule has 2 rings (SSSR count). The Morgan fingerprint density at radius 1 is 1.00 bits per heavy atom. The molecule has 0 amide bonds. The molecule has 0 aromatic heterocycles. The summed E-state index contributed by atoms with van der Waals surface area (Å²) < 4.78 is 5.34. The molecule has 18 heavy (non-hydrogen) atoms. The number of hydrogen-bond acceptors (Lipinski definition) is 1. The number of alkyl halides is 1. The van der Waals surface area contributed by atoms with Gasteiger partial charge in [-0.2, -0.15) is 0 Å². The van der Waals surface area contributed by atoms with E-state index in [9.17, 15) is 0 Å². The summed E-state index contributed by atoms with van der Waals surface area (Å²) in [6.45, 7) is 0. The first-order valence-electron chi connectivity index (χ1n) is 6.12. The molecule has 94 valence electrons. The second-order valence-electron chi connectivity index (χ2n) is 4.23. The van der Waals surface area contributed by atoms with Crippen molar-refractivity contribution in [2.45, 2.75) is 18.2 Å². The molecule has 2 aromatic rings. The summed E-state index contributed by atoms with van der Waals surface area (Å²) in [5.41, 5.74) is 2.38. The first kappa shape index (κ1) is 13.0.